The number of fused-ring (bicyclic) bond motifs is 1. The van der Waals surface area contributed by atoms with E-state index < -0.39 is 5.97 Å². The molecule has 2 heterocycles. The van der Waals surface area contributed by atoms with Crippen LogP contribution in [-0.4, -0.2) is 35.8 Å². The molecule has 0 aliphatic carbocycles. The number of carbonyl (C=O) groups is 3. The molecule has 0 N–H and O–H groups in total. The number of halogens is 1. The number of nitrogens with zero attached hydrogens (tertiary/aromatic N) is 1. The average Bonchev–Trinajstić information content (AvgIpc) is 3.05. The maximum atomic E-state index is 12.1. The number of imide groups is 1. The Hall–Kier alpha value is -2.18. The Labute approximate surface area is 135 Å². The summed E-state index contributed by atoms with van der Waals surface area (Å²) in [4.78, 5) is 37.4. The standard InChI is InChI=1S/C15H10ClNO4S/c16-12-6-5-11(22-12)15(20)21-8-7-17-13(18)9-3-1-2-4-10(9)14(17)19/h1-6H,7-8H2. The predicted octanol–water partition coefficient (Wildman–Crippen LogP) is 2.85. The number of esters is 1. The third-order valence-corrected chi connectivity index (χ3v) is 4.41. The lowest BCUT2D eigenvalue weighted by atomic mass is 10.1. The number of rotatable bonds is 4. The molecule has 2 amide bonds. The maximum absolute atomic E-state index is 12.1. The van der Waals surface area contributed by atoms with Gasteiger partial charge in [0.05, 0.1) is 22.0 Å². The molecule has 1 aromatic carbocycles. The molecule has 1 aromatic heterocycles. The van der Waals surface area contributed by atoms with E-state index in [9.17, 15) is 14.4 Å². The first-order valence-corrected chi connectivity index (χ1v) is 7.65. The Morgan fingerprint density at radius 2 is 1.73 bits per heavy atom. The first kappa shape index (κ1) is 14.7. The first-order chi connectivity index (χ1) is 10.6. The Kier molecular flexibility index (Phi) is 3.96. The van der Waals surface area contributed by atoms with Crippen molar-refractivity contribution in [3.63, 3.8) is 0 Å². The molecule has 1 aliphatic heterocycles. The van der Waals surface area contributed by atoms with Gasteiger partial charge in [-0.2, -0.15) is 0 Å². The van der Waals surface area contributed by atoms with Crippen molar-refractivity contribution in [2.45, 2.75) is 0 Å². The number of hydrogen-bond donors (Lipinski definition) is 0. The number of thiophene rings is 1. The van der Waals surface area contributed by atoms with Crippen molar-refractivity contribution in [3.8, 4) is 0 Å². The molecular weight excluding hydrogens is 326 g/mol. The van der Waals surface area contributed by atoms with Crippen molar-refractivity contribution in [2.75, 3.05) is 13.2 Å². The van der Waals surface area contributed by atoms with Crippen LogP contribution >= 0.6 is 22.9 Å². The number of benzene rings is 1. The van der Waals surface area contributed by atoms with Crippen LogP contribution in [0.1, 0.15) is 30.4 Å². The highest BCUT2D eigenvalue weighted by molar-refractivity contribution is 7.17. The van der Waals surface area contributed by atoms with Gasteiger partial charge < -0.3 is 4.74 Å². The van der Waals surface area contributed by atoms with Gasteiger partial charge in [-0.05, 0) is 24.3 Å². The summed E-state index contributed by atoms with van der Waals surface area (Å²) in [6.45, 7) is -0.0307. The molecule has 1 aliphatic rings. The van der Waals surface area contributed by atoms with Gasteiger partial charge in [-0.15, -0.1) is 11.3 Å². The van der Waals surface area contributed by atoms with E-state index in [4.69, 9.17) is 16.3 Å². The summed E-state index contributed by atoms with van der Waals surface area (Å²) in [5, 5.41) is 0. The second-order valence-corrected chi connectivity index (χ2v) is 6.26. The molecule has 5 nitrogen and oxygen atoms in total. The smallest absolute Gasteiger partial charge is 0.348 e. The van der Waals surface area contributed by atoms with Gasteiger partial charge in [-0.1, -0.05) is 23.7 Å². The highest BCUT2D eigenvalue weighted by Crippen LogP contribution is 2.23. The van der Waals surface area contributed by atoms with Crippen LogP contribution in [0.15, 0.2) is 36.4 Å². The van der Waals surface area contributed by atoms with E-state index in [1.165, 1.54) is 0 Å². The predicted molar refractivity (Wildman–Crippen MR) is 81.4 cm³/mol. The molecule has 22 heavy (non-hydrogen) atoms. The van der Waals surface area contributed by atoms with Gasteiger partial charge in [-0.25, -0.2) is 4.79 Å². The van der Waals surface area contributed by atoms with Gasteiger partial charge in [0.25, 0.3) is 11.8 Å². The summed E-state index contributed by atoms with van der Waals surface area (Å²) in [5.41, 5.74) is 0.757. The minimum absolute atomic E-state index is 0.0250. The van der Waals surface area contributed by atoms with Gasteiger partial charge in [-0.3, -0.25) is 14.5 Å². The van der Waals surface area contributed by atoms with Crippen molar-refractivity contribution in [1.29, 1.82) is 0 Å². The van der Waals surface area contributed by atoms with Crippen LogP contribution in [0.5, 0.6) is 0 Å². The van der Waals surface area contributed by atoms with Crippen LogP contribution in [0.4, 0.5) is 0 Å². The lowest BCUT2D eigenvalue weighted by Gasteiger charge is -2.13. The van der Waals surface area contributed by atoms with Crippen LogP contribution < -0.4 is 0 Å². The van der Waals surface area contributed by atoms with E-state index in [2.05, 4.69) is 0 Å². The summed E-state index contributed by atoms with van der Waals surface area (Å²) >= 11 is 6.86. The molecule has 112 valence electrons. The maximum Gasteiger partial charge on any atom is 0.348 e. The Morgan fingerprint density at radius 1 is 1.09 bits per heavy atom. The van der Waals surface area contributed by atoms with E-state index in [0.29, 0.717) is 20.3 Å². The second-order valence-electron chi connectivity index (χ2n) is 4.55. The second kappa shape index (κ2) is 5.90. The SMILES string of the molecule is O=C(OCCN1C(=O)c2ccccc2C1=O)c1ccc(Cl)s1. The minimum atomic E-state index is -0.520. The fraction of sp³-hybridized carbons (Fsp3) is 0.133. The minimum Gasteiger partial charge on any atom is -0.460 e. The van der Waals surface area contributed by atoms with E-state index in [1.807, 2.05) is 0 Å². The monoisotopic (exact) mass is 335 g/mol. The molecule has 0 fully saturated rings. The number of ether oxygens (including phenoxy) is 1. The number of carbonyl (C=O) groups excluding carboxylic acids is 3. The number of amides is 2. The molecule has 0 atom stereocenters. The fourth-order valence-electron chi connectivity index (χ4n) is 2.17. The topological polar surface area (TPSA) is 63.7 Å². The Bertz CT molecular complexity index is 735. The van der Waals surface area contributed by atoms with Crippen molar-refractivity contribution in [1.82, 2.24) is 4.90 Å². The third kappa shape index (κ3) is 2.63. The van der Waals surface area contributed by atoms with E-state index in [-0.39, 0.29) is 25.0 Å². The third-order valence-electron chi connectivity index (χ3n) is 3.20. The number of hydrogen-bond acceptors (Lipinski definition) is 5. The lowest BCUT2D eigenvalue weighted by molar-refractivity contribution is 0.0424. The van der Waals surface area contributed by atoms with Crippen LogP contribution in [0.3, 0.4) is 0 Å². The van der Waals surface area contributed by atoms with Gasteiger partial charge in [0, 0.05) is 0 Å². The molecule has 0 unspecified atom stereocenters. The summed E-state index contributed by atoms with van der Waals surface area (Å²) in [6.07, 6.45) is 0. The van der Waals surface area contributed by atoms with Crippen molar-refractivity contribution in [3.05, 3.63) is 56.7 Å². The van der Waals surface area contributed by atoms with Crippen LogP contribution in [0, 0.1) is 0 Å². The molecular formula is C15H10ClNO4S. The normalized spacial score (nSPS) is 13.4. The molecule has 0 spiro atoms. The van der Waals surface area contributed by atoms with E-state index >= 15 is 0 Å². The van der Waals surface area contributed by atoms with Crippen LogP contribution in [0.25, 0.3) is 0 Å². The quantitative estimate of drug-likeness (QED) is 0.636. The zero-order valence-corrected chi connectivity index (χ0v) is 12.8. The molecule has 0 saturated heterocycles. The van der Waals surface area contributed by atoms with Gasteiger partial charge in [0.1, 0.15) is 11.5 Å². The first-order valence-electron chi connectivity index (χ1n) is 6.45. The molecule has 7 heteroatoms. The molecule has 2 aromatic rings. The lowest BCUT2D eigenvalue weighted by Crippen LogP contribution is -2.33. The van der Waals surface area contributed by atoms with Gasteiger partial charge in [0.15, 0.2) is 0 Å². The van der Waals surface area contributed by atoms with Crippen molar-refractivity contribution < 1.29 is 19.1 Å². The molecule has 0 radical (unpaired) electrons. The molecule has 0 saturated carbocycles. The summed E-state index contributed by atoms with van der Waals surface area (Å²) in [7, 11) is 0. The highest BCUT2D eigenvalue weighted by Gasteiger charge is 2.34. The molecule has 3 rings (SSSR count). The zero-order valence-electron chi connectivity index (χ0n) is 11.2. The van der Waals surface area contributed by atoms with Gasteiger partial charge in [0.2, 0.25) is 0 Å². The summed E-state index contributed by atoms with van der Waals surface area (Å²) in [5.74, 6) is -1.25. The van der Waals surface area contributed by atoms with E-state index in [1.54, 1.807) is 36.4 Å². The average molecular weight is 336 g/mol. The van der Waals surface area contributed by atoms with Crippen LogP contribution in [-0.2, 0) is 4.74 Å². The fourth-order valence-corrected chi connectivity index (χ4v) is 3.10. The molecule has 0 bridgehead atoms. The van der Waals surface area contributed by atoms with Gasteiger partial charge >= 0.3 is 5.97 Å². The van der Waals surface area contributed by atoms with Crippen molar-refractivity contribution >= 4 is 40.7 Å². The van der Waals surface area contributed by atoms with Crippen molar-refractivity contribution in [2.24, 2.45) is 0 Å². The Balaban J connectivity index is 1.60. The largest absolute Gasteiger partial charge is 0.460 e. The Morgan fingerprint density at radius 3 is 2.27 bits per heavy atom. The summed E-state index contributed by atoms with van der Waals surface area (Å²) in [6, 6.07) is 9.79. The van der Waals surface area contributed by atoms with Crippen LogP contribution in [0.2, 0.25) is 4.34 Å². The highest BCUT2D eigenvalue weighted by atomic mass is 35.5. The zero-order chi connectivity index (χ0) is 15.7. The summed E-state index contributed by atoms with van der Waals surface area (Å²) < 4.78 is 5.56. The van der Waals surface area contributed by atoms with E-state index in [0.717, 1.165) is 16.2 Å².